The Kier molecular flexibility index (Phi) is 10.9. The van der Waals surface area contributed by atoms with Gasteiger partial charge in [0, 0.05) is 6.61 Å². The number of carboxylic acids is 1. The number of unbranched alkanes of at least 4 members (excludes halogenated alkanes) is 2. The molecule has 0 saturated heterocycles. The molecule has 210 valence electrons. The lowest BCUT2D eigenvalue weighted by Gasteiger charge is -2.41. The van der Waals surface area contributed by atoms with Gasteiger partial charge in [-0.05, 0) is 59.3 Å². The van der Waals surface area contributed by atoms with E-state index < -0.39 is 32.5 Å². The molecule has 0 heterocycles. The Morgan fingerprint density at radius 1 is 0.821 bits per heavy atom. The Morgan fingerprint density at radius 3 is 2.15 bits per heavy atom. The first-order chi connectivity index (χ1) is 18.5. The average Bonchev–Trinajstić information content (AvgIpc) is 2.90. The number of hydrogen-bond donors (Lipinski definition) is 0. The predicted molar refractivity (Wildman–Crippen MR) is 155 cm³/mol. The fourth-order valence-corrected chi connectivity index (χ4v) is 5.24. The van der Waals surface area contributed by atoms with Gasteiger partial charge in [0.2, 0.25) is 0 Å². The van der Waals surface area contributed by atoms with E-state index in [4.69, 9.17) is 13.9 Å². The van der Waals surface area contributed by atoms with Crippen LogP contribution in [0.25, 0.3) is 10.8 Å². The van der Waals surface area contributed by atoms with E-state index in [1.54, 1.807) is 0 Å². The maximum absolute atomic E-state index is 13.1. The quantitative estimate of drug-likeness (QED) is 0.143. The van der Waals surface area contributed by atoms with Crippen molar-refractivity contribution in [1.29, 1.82) is 0 Å². The van der Waals surface area contributed by atoms with Gasteiger partial charge in [0.25, 0.3) is 0 Å². The molecule has 0 fully saturated rings. The van der Waals surface area contributed by atoms with Crippen molar-refractivity contribution in [3.05, 3.63) is 83.9 Å². The van der Waals surface area contributed by atoms with E-state index in [0.717, 1.165) is 24.8 Å². The maximum Gasteiger partial charge on any atom is 0.338 e. The smallest absolute Gasteiger partial charge is 0.338 e. The zero-order valence-electron chi connectivity index (χ0n) is 23.8. The minimum atomic E-state index is -2.55. The number of ether oxygens (including phenoxy) is 2. The molecule has 0 saturated carbocycles. The lowest BCUT2D eigenvalue weighted by atomic mass is 10.0. The van der Waals surface area contributed by atoms with Crippen molar-refractivity contribution in [2.24, 2.45) is 0 Å². The molecule has 0 aromatic heterocycles. The van der Waals surface area contributed by atoms with E-state index in [1.807, 2.05) is 76.3 Å². The third-order valence-electron chi connectivity index (χ3n) is 7.41. The van der Waals surface area contributed by atoms with Crippen LogP contribution in [-0.2, 0) is 36.5 Å². The summed E-state index contributed by atoms with van der Waals surface area (Å²) >= 11 is 0. The topological polar surface area (TPSA) is 84.9 Å². The molecule has 0 amide bonds. The lowest BCUT2D eigenvalue weighted by Crippen LogP contribution is -2.56. The van der Waals surface area contributed by atoms with Crippen molar-refractivity contribution in [1.82, 2.24) is 0 Å². The van der Waals surface area contributed by atoms with Gasteiger partial charge in [-0.1, -0.05) is 100.0 Å². The molecular weight excluding hydrogens is 508 g/mol. The van der Waals surface area contributed by atoms with Crippen molar-refractivity contribution < 1.29 is 28.6 Å². The number of rotatable bonds is 14. The fourth-order valence-electron chi connectivity index (χ4n) is 4.03. The number of aliphatic carboxylic acids is 1. The highest BCUT2D eigenvalue weighted by atomic mass is 28.4. The third-order valence-corrected chi connectivity index (χ3v) is 11.9. The van der Waals surface area contributed by atoms with E-state index in [0.29, 0.717) is 6.42 Å². The largest absolute Gasteiger partial charge is 0.547 e. The average molecular weight is 550 g/mol. The number of carbonyl (C=O) groups excluding carboxylic acids is 2. The Labute approximate surface area is 233 Å². The number of aryl methyl sites for hydroxylation is 1. The van der Waals surface area contributed by atoms with Crippen LogP contribution in [0.4, 0.5) is 0 Å². The van der Waals surface area contributed by atoms with Gasteiger partial charge in [-0.25, -0.2) is 4.79 Å². The highest BCUT2D eigenvalue weighted by Gasteiger charge is 2.43. The molecule has 0 aliphatic rings. The number of carbonyl (C=O) groups is 2. The molecule has 0 bridgehead atoms. The molecular formula is C32H41O6Si-. The van der Waals surface area contributed by atoms with Crippen LogP contribution >= 0.6 is 0 Å². The van der Waals surface area contributed by atoms with E-state index in [2.05, 4.69) is 30.3 Å². The first kappa shape index (κ1) is 30.5. The van der Waals surface area contributed by atoms with E-state index in [9.17, 15) is 14.7 Å². The second kappa shape index (κ2) is 13.9. The van der Waals surface area contributed by atoms with Gasteiger partial charge in [0.15, 0.2) is 14.4 Å². The normalized spacial score (nSPS) is 13.7. The van der Waals surface area contributed by atoms with Crippen LogP contribution in [0, 0.1) is 0 Å². The van der Waals surface area contributed by atoms with Gasteiger partial charge >= 0.3 is 5.97 Å². The van der Waals surface area contributed by atoms with Gasteiger partial charge < -0.3 is 23.8 Å². The van der Waals surface area contributed by atoms with Crippen LogP contribution in [0.5, 0.6) is 0 Å². The molecule has 6 nitrogen and oxygen atoms in total. The summed E-state index contributed by atoms with van der Waals surface area (Å²) in [4.78, 5) is 25.3. The number of hydrogen-bond acceptors (Lipinski definition) is 6. The van der Waals surface area contributed by atoms with Crippen molar-refractivity contribution >= 4 is 31.0 Å². The van der Waals surface area contributed by atoms with Crippen LogP contribution in [0.2, 0.25) is 18.1 Å². The summed E-state index contributed by atoms with van der Waals surface area (Å²) in [5.41, 5.74) is 2.07. The standard InChI is InChI=1S/C32H42O6Si/c1-32(2,3)39(4,5)38-28(30(33)34)29(31(35)37-23-25-15-8-6-9-16-25)36-21-13-7-10-14-24-19-20-26-17-11-12-18-27(26)22-24/h6,8-9,11-12,15-20,22,28-29H,7,10,13-14,21,23H2,1-5H3,(H,33,34)/p-1. The van der Waals surface area contributed by atoms with Gasteiger partial charge in [-0.2, -0.15) is 0 Å². The van der Waals surface area contributed by atoms with Crippen LogP contribution in [0.1, 0.15) is 51.2 Å². The molecule has 2 unspecified atom stereocenters. The van der Waals surface area contributed by atoms with Crippen molar-refractivity contribution in [3.63, 3.8) is 0 Å². The maximum atomic E-state index is 13.1. The van der Waals surface area contributed by atoms with Crippen molar-refractivity contribution in [3.8, 4) is 0 Å². The Bertz CT molecular complexity index is 1220. The Hall–Kier alpha value is -3.00. The summed E-state index contributed by atoms with van der Waals surface area (Å²) < 4.78 is 17.5. The number of fused-ring (bicyclic) bond motifs is 1. The lowest BCUT2D eigenvalue weighted by molar-refractivity contribution is -0.317. The summed E-state index contributed by atoms with van der Waals surface area (Å²) in [6.07, 6.45) is 0.479. The van der Waals surface area contributed by atoms with E-state index in [1.165, 1.54) is 16.3 Å². The zero-order valence-corrected chi connectivity index (χ0v) is 24.8. The van der Waals surface area contributed by atoms with Gasteiger partial charge in [-0.15, -0.1) is 0 Å². The summed E-state index contributed by atoms with van der Waals surface area (Å²) in [7, 11) is -2.55. The Balaban J connectivity index is 1.60. The SMILES string of the molecule is CC(C)(C)[Si](C)(C)OC(C(=O)[O-])C(OCCCCCc1ccc2ccccc2c1)C(=O)OCc1ccccc1. The fraction of sp³-hybridized carbons (Fsp3) is 0.438. The van der Waals surface area contributed by atoms with Crippen molar-refractivity contribution in [2.45, 2.75) is 83.4 Å². The van der Waals surface area contributed by atoms with E-state index >= 15 is 0 Å². The highest BCUT2D eigenvalue weighted by molar-refractivity contribution is 6.74. The second-order valence-electron chi connectivity index (χ2n) is 11.5. The second-order valence-corrected chi connectivity index (χ2v) is 16.3. The first-order valence-electron chi connectivity index (χ1n) is 13.7. The van der Waals surface area contributed by atoms with Crippen LogP contribution in [0.15, 0.2) is 72.8 Å². The van der Waals surface area contributed by atoms with Gasteiger partial charge in [0.1, 0.15) is 12.7 Å². The molecule has 3 aromatic rings. The molecule has 0 aliphatic heterocycles. The summed E-state index contributed by atoms with van der Waals surface area (Å²) in [6, 6.07) is 24.0. The third kappa shape index (κ3) is 9.02. The summed E-state index contributed by atoms with van der Waals surface area (Å²) in [6.45, 7) is 10.1. The predicted octanol–water partition coefficient (Wildman–Crippen LogP) is 5.82. The molecule has 7 heteroatoms. The summed E-state index contributed by atoms with van der Waals surface area (Å²) in [5.74, 6) is -2.24. The molecule has 0 spiro atoms. The highest BCUT2D eigenvalue weighted by Crippen LogP contribution is 2.38. The summed E-state index contributed by atoms with van der Waals surface area (Å²) in [5, 5.41) is 14.4. The molecule has 3 rings (SSSR count). The number of esters is 1. The minimum absolute atomic E-state index is 0.0190. The number of benzene rings is 3. The van der Waals surface area contributed by atoms with E-state index in [-0.39, 0.29) is 18.3 Å². The molecule has 39 heavy (non-hydrogen) atoms. The minimum Gasteiger partial charge on any atom is -0.547 e. The molecule has 3 aromatic carbocycles. The van der Waals surface area contributed by atoms with Crippen LogP contribution < -0.4 is 5.11 Å². The monoisotopic (exact) mass is 549 g/mol. The van der Waals surface area contributed by atoms with Crippen molar-refractivity contribution in [2.75, 3.05) is 6.61 Å². The van der Waals surface area contributed by atoms with Gasteiger partial charge in [0.05, 0.1) is 5.97 Å². The first-order valence-corrected chi connectivity index (χ1v) is 16.6. The zero-order chi connectivity index (χ0) is 28.5. The Morgan fingerprint density at radius 2 is 1.49 bits per heavy atom. The van der Waals surface area contributed by atoms with Gasteiger partial charge in [-0.3, -0.25) is 0 Å². The molecule has 2 atom stereocenters. The van der Waals surface area contributed by atoms with Crippen LogP contribution in [-0.4, -0.2) is 39.1 Å². The molecule has 0 radical (unpaired) electrons. The number of carboxylic acid groups (broad SMARTS) is 1. The molecule has 0 N–H and O–H groups in total. The molecule has 0 aliphatic carbocycles. The van der Waals surface area contributed by atoms with Crippen LogP contribution in [0.3, 0.4) is 0 Å².